The molecule has 2 rings (SSSR count). The molecule has 0 spiro atoms. The Hall–Kier alpha value is -1.47. The van der Waals surface area contributed by atoms with E-state index < -0.39 is 26.7 Å². The summed E-state index contributed by atoms with van der Waals surface area (Å²) in [5.41, 5.74) is -0.0240. The Balaban J connectivity index is 2.02. The van der Waals surface area contributed by atoms with Crippen molar-refractivity contribution >= 4 is 16.0 Å². The molecular formula is C13H16FNO4S. The molecule has 1 aliphatic carbocycles. The van der Waals surface area contributed by atoms with Crippen LogP contribution in [0.5, 0.6) is 0 Å². The minimum Gasteiger partial charge on any atom is -0.462 e. The van der Waals surface area contributed by atoms with Crippen molar-refractivity contribution in [3.05, 3.63) is 29.6 Å². The van der Waals surface area contributed by atoms with Gasteiger partial charge in [-0.05, 0) is 30.5 Å². The minimum absolute atomic E-state index is 0.0240. The van der Waals surface area contributed by atoms with Gasteiger partial charge in [-0.1, -0.05) is 19.3 Å². The second kappa shape index (κ2) is 5.88. The van der Waals surface area contributed by atoms with Gasteiger partial charge < -0.3 is 4.74 Å². The third kappa shape index (κ3) is 3.55. The zero-order valence-electron chi connectivity index (χ0n) is 10.8. The topological polar surface area (TPSA) is 86.5 Å². The molecule has 1 aliphatic rings. The number of hydrogen-bond donors (Lipinski definition) is 1. The van der Waals surface area contributed by atoms with Crippen LogP contribution in [-0.2, 0) is 14.8 Å². The molecule has 20 heavy (non-hydrogen) atoms. The van der Waals surface area contributed by atoms with E-state index in [0.29, 0.717) is 5.92 Å². The number of carbonyl (C=O) groups excluding carboxylic acids is 1. The average Bonchev–Trinajstić information content (AvgIpc) is 2.31. The highest BCUT2D eigenvalue weighted by atomic mass is 32.2. The van der Waals surface area contributed by atoms with Crippen LogP contribution in [0.2, 0.25) is 0 Å². The molecule has 7 heteroatoms. The lowest BCUT2D eigenvalue weighted by molar-refractivity contribution is 0.0464. The first-order valence-electron chi connectivity index (χ1n) is 6.37. The summed E-state index contributed by atoms with van der Waals surface area (Å²) in [6, 6.07) is 2.97. The van der Waals surface area contributed by atoms with Crippen LogP contribution in [0.4, 0.5) is 4.39 Å². The van der Waals surface area contributed by atoms with Crippen LogP contribution >= 0.6 is 0 Å². The predicted octanol–water partition coefficient (Wildman–Crippen LogP) is 1.82. The molecule has 1 saturated carbocycles. The van der Waals surface area contributed by atoms with Gasteiger partial charge in [0.05, 0.1) is 12.2 Å². The number of halogens is 1. The van der Waals surface area contributed by atoms with Crippen LogP contribution in [0, 0.1) is 11.7 Å². The molecule has 0 bridgehead atoms. The number of carbonyl (C=O) groups is 1. The van der Waals surface area contributed by atoms with Gasteiger partial charge in [-0.3, -0.25) is 0 Å². The van der Waals surface area contributed by atoms with Crippen molar-refractivity contribution in [2.24, 2.45) is 11.1 Å². The van der Waals surface area contributed by atoms with Crippen molar-refractivity contribution in [2.75, 3.05) is 6.61 Å². The monoisotopic (exact) mass is 301 g/mol. The van der Waals surface area contributed by atoms with Gasteiger partial charge >= 0.3 is 5.97 Å². The van der Waals surface area contributed by atoms with E-state index in [1.165, 1.54) is 12.5 Å². The summed E-state index contributed by atoms with van der Waals surface area (Å²) in [5.74, 6) is -1.05. The summed E-state index contributed by atoms with van der Waals surface area (Å²) in [6.07, 6.45) is 4.33. The Morgan fingerprint density at radius 3 is 2.65 bits per heavy atom. The van der Waals surface area contributed by atoms with Crippen molar-refractivity contribution in [2.45, 2.75) is 30.6 Å². The first-order valence-corrected chi connectivity index (χ1v) is 7.92. The zero-order valence-corrected chi connectivity index (χ0v) is 11.7. The van der Waals surface area contributed by atoms with Gasteiger partial charge in [0.25, 0.3) is 0 Å². The molecule has 0 saturated heterocycles. The van der Waals surface area contributed by atoms with E-state index in [1.807, 2.05) is 0 Å². The van der Waals surface area contributed by atoms with Crippen LogP contribution in [0.15, 0.2) is 23.1 Å². The number of ether oxygens (including phenoxy) is 1. The molecule has 0 radical (unpaired) electrons. The molecular weight excluding hydrogens is 285 g/mol. The predicted molar refractivity (Wildman–Crippen MR) is 70.0 cm³/mol. The molecule has 0 atom stereocenters. The lowest BCUT2D eigenvalue weighted by Gasteiger charge is -2.24. The lowest BCUT2D eigenvalue weighted by atomic mass is 9.83. The van der Waals surface area contributed by atoms with Gasteiger partial charge in [0.1, 0.15) is 10.7 Å². The van der Waals surface area contributed by atoms with E-state index in [9.17, 15) is 17.6 Å². The Morgan fingerprint density at radius 2 is 2.10 bits per heavy atom. The molecule has 0 aromatic heterocycles. The van der Waals surface area contributed by atoms with Crippen LogP contribution in [0.25, 0.3) is 0 Å². The maximum atomic E-state index is 13.3. The van der Waals surface area contributed by atoms with Crippen LogP contribution in [0.1, 0.15) is 36.0 Å². The number of rotatable bonds is 5. The van der Waals surface area contributed by atoms with E-state index >= 15 is 0 Å². The van der Waals surface area contributed by atoms with E-state index in [2.05, 4.69) is 0 Å². The molecule has 2 N–H and O–H groups in total. The van der Waals surface area contributed by atoms with Crippen LogP contribution < -0.4 is 5.14 Å². The van der Waals surface area contributed by atoms with Crippen molar-refractivity contribution in [3.8, 4) is 0 Å². The van der Waals surface area contributed by atoms with Crippen molar-refractivity contribution < 1.29 is 22.3 Å². The maximum absolute atomic E-state index is 13.3. The highest BCUT2D eigenvalue weighted by molar-refractivity contribution is 7.89. The number of benzene rings is 1. The fraction of sp³-hybridized carbons (Fsp3) is 0.462. The number of primary sulfonamides is 1. The summed E-state index contributed by atoms with van der Waals surface area (Å²) < 4.78 is 40.7. The normalized spacial score (nSPS) is 15.7. The zero-order chi connectivity index (χ0) is 14.8. The van der Waals surface area contributed by atoms with Gasteiger partial charge in [-0.2, -0.15) is 0 Å². The van der Waals surface area contributed by atoms with Gasteiger partial charge in [0.2, 0.25) is 10.0 Å². The molecule has 5 nitrogen and oxygen atoms in total. The van der Waals surface area contributed by atoms with E-state index in [0.717, 1.165) is 31.4 Å². The minimum atomic E-state index is -4.20. The molecule has 110 valence electrons. The Labute approximate surface area is 117 Å². The first kappa shape index (κ1) is 14.9. The summed E-state index contributed by atoms with van der Waals surface area (Å²) >= 11 is 0. The molecule has 0 unspecified atom stereocenters. The first-order chi connectivity index (χ1) is 9.38. The molecule has 1 aromatic rings. The van der Waals surface area contributed by atoms with E-state index in [-0.39, 0.29) is 12.2 Å². The SMILES string of the molecule is NS(=O)(=O)c1cc(C(=O)OCCC2CCC2)ccc1F. The smallest absolute Gasteiger partial charge is 0.338 e. The number of esters is 1. The largest absolute Gasteiger partial charge is 0.462 e. The summed E-state index contributed by atoms with van der Waals surface area (Å²) in [4.78, 5) is 11.0. The van der Waals surface area contributed by atoms with Crippen molar-refractivity contribution in [1.82, 2.24) is 0 Å². The summed E-state index contributed by atoms with van der Waals surface area (Å²) in [5, 5.41) is 4.87. The van der Waals surface area contributed by atoms with Crippen molar-refractivity contribution in [1.29, 1.82) is 0 Å². The second-order valence-corrected chi connectivity index (χ2v) is 6.44. The third-order valence-electron chi connectivity index (χ3n) is 3.46. The lowest BCUT2D eigenvalue weighted by Crippen LogP contribution is -2.17. The molecule has 0 aliphatic heterocycles. The van der Waals surface area contributed by atoms with Gasteiger partial charge in [0, 0.05) is 0 Å². The quantitative estimate of drug-likeness (QED) is 0.840. The Morgan fingerprint density at radius 1 is 1.40 bits per heavy atom. The van der Waals surface area contributed by atoms with Gasteiger partial charge in [0.15, 0.2) is 0 Å². The number of nitrogens with two attached hydrogens (primary N) is 1. The maximum Gasteiger partial charge on any atom is 0.338 e. The van der Waals surface area contributed by atoms with E-state index in [4.69, 9.17) is 9.88 Å². The number of sulfonamides is 1. The molecule has 0 heterocycles. The fourth-order valence-corrected chi connectivity index (χ4v) is 2.66. The van der Waals surface area contributed by atoms with E-state index in [1.54, 1.807) is 0 Å². The fourth-order valence-electron chi connectivity index (χ4n) is 2.03. The second-order valence-electron chi connectivity index (χ2n) is 4.91. The Bertz CT molecular complexity index is 611. The molecule has 0 amide bonds. The molecule has 1 fully saturated rings. The van der Waals surface area contributed by atoms with Crippen LogP contribution in [0.3, 0.4) is 0 Å². The highest BCUT2D eigenvalue weighted by Crippen LogP contribution is 2.29. The van der Waals surface area contributed by atoms with Gasteiger partial charge in [-0.15, -0.1) is 0 Å². The van der Waals surface area contributed by atoms with Crippen LogP contribution in [-0.4, -0.2) is 21.0 Å². The van der Waals surface area contributed by atoms with Gasteiger partial charge in [-0.25, -0.2) is 22.7 Å². The molecule has 1 aromatic carbocycles. The third-order valence-corrected chi connectivity index (χ3v) is 4.38. The summed E-state index contributed by atoms with van der Waals surface area (Å²) in [6.45, 7) is 0.283. The standard InChI is InChI=1S/C13H16FNO4S/c14-11-5-4-10(8-12(11)20(15,17)18)13(16)19-7-6-9-2-1-3-9/h4-5,8-9H,1-3,6-7H2,(H2,15,17,18). The summed E-state index contributed by atoms with van der Waals surface area (Å²) in [7, 11) is -4.20. The van der Waals surface area contributed by atoms with Crippen molar-refractivity contribution in [3.63, 3.8) is 0 Å². The average molecular weight is 301 g/mol. The highest BCUT2D eigenvalue weighted by Gasteiger charge is 2.20. The Kier molecular flexibility index (Phi) is 4.39. The number of hydrogen-bond acceptors (Lipinski definition) is 4.